The van der Waals surface area contributed by atoms with Gasteiger partial charge in [0.25, 0.3) is 0 Å². The van der Waals surface area contributed by atoms with Crippen LogP contribution >= 0.6 is 22.9 Å². The van der Waals surface area contributed by atoms with Crippen LogP contribution in [0.3, 0.4) is 0 Å². The zero-order valence-corrected chi connectivity index (χ0v) is 9.57. The van der Waals surface area contributed by atoms with Crippen molar-refractivity contribution in [3.63, 3.8) is 0 Å². The maximum Gasteiger partial charge on any atom is 0.0621 e. The largest absolute Gasteiger partial charge is 0.392 e. The third kappa shape index (κ3) is 1.77. The third-order valence-corrected chi connectivity index (χ3v) is 3.93. The Morgan fingerprint density at radius 2 is 2.00 bits per heavy atom. The first-order valence-corrected chi connectivity index (χ1v) is 5.73. The number of rotatable bonds is 1. The Morgan fingerprint density at radius 3 is 2.58 bits per heavy atom. The van der Waals surface area contributed by atoms with Crippen LogP contribution in [-0.2, 0) is 0 Å². The van der Waals surface area contributed by atoms with E-state index in [2.05, 4.69) is 32.9 Å². The standard InChI is InChI=1S/C9H16INO/c1-6-4-11(10)5-8(9(6)12)7-2-3-7/h6-9,12H,2-5H2,1H3. The second kappa shape index (κ2) is 3.42. The van der Waals surface area contributed by atoms with Crippen molar-refractivity contribution in [3.8, 4) is 0 Å². The number of nitrogens with zero attached hydrogens (tertiary/aromatic N) is 1. The molecule has 1 saturated heterocycles. The van der Waals surface area contributed by atoms with Gasteiger partial charge in [-0.2, -0.15) is 0 Å². The molecular formula is C9H16INO. The van der Waals surface area contributed by atoms with Crippen LogP contribution in [-0.4, -0.2) is 27.4 Å². The van der Waals surface area contributed by atoms with E-state index in [0.717, 1.165) is 19.0 Å². The molecule has 1 heterocycles. The van der Waals surface area contributed by atoms with Gasteiger partial charge in [-0.15, -0.1) is 0 Å². The van der Waals surface area contributed by atoms with Gasteiger partial charge in [-0.25, -0.2) is 3.11 Å². The summed E-state index contributed by atoms with van der Waals surface area (Å²) in [5.74, 6) is 1.85. The van der Waals surface area contributed by atoms with E-state index in [4.69, 9.17) is 0 Å². The molecule has 3 atom stereocenters. The van der Waals surface area contributed by atoms with E-state index in [1.165, 1.54) is 12.8 Å². The van der Waals surface area contributed by atoms with E-state index in [-0.39, 0.29) is 6.10 Å². The lowest BCUT2D eigenvalue weighted by molar-refractivity contribution is 0.00769. The maximum atomic E-state index is 9.94. The molecule has 3 heteroatoms. The predicted molar refractivity (Wildman–Crippen MR) is 57.0 cm³/mol. The molecule has 2 fully saturated rings. The zero-order chi connectivity index (χ0) is 8.72. The molecule has 3 unspecified atom stereocenters. The molecular weight excluding hydrogens is 265 g/mol. The van der Waals surface area contributed by atoms with Crippen LogP contribution < -0.4 is 0 Å². The summed E-state index contributed by atoms with van der Waals surface area (Å²) in [6, 6.07) is 0. The van der Waals surface area contributed by atoms with E-state index < -0.39 is 0 Å². The van der Waals surface area contributed by atoms with Crippen LogP contribution in [0.25, 0.3) is 0 Å². The molecule has 0 amide bonds. The summed E-state index contributed by atoms with van der Waals surface area (Å²) < 4.78 is 2.33. The summed E-state index contributed by atoms with van der Waals surface area (Å²) in [6.07, 6.45) is 2.65. The van der Waals surface area contributed by atoms with Crippen molar-refractivity contribution < 1.29 is 5.11 Å². The summed E-state index contributed by atoms with van der Waals surface area (Å²) in [5.41, 5.74) is 0. The predicted octanol–water partition coefficient (Wildman–Crippen LogP) is 1.68. The highest BCUT2D eigenvalue weighted by Gasteiger charge is 2.41. The summed E-state index contributed by atoms with van der Waals surface area (Å²) in [7, 11) is 0. The average molecular weight is 281 g/mol. The summed E-state index contributed by atoms with van der Waals surface area (Å²) in [5, 5.41) is 9.94. The minimum absolute atomic E-state index is 0.0384. The Hall–Kier alpha value is 0.650. The van der Waals surface area contributed by atoms with Crippen molar-refractivity contribution in [3.05, 3.63) is 0 Å². The molecule has 1 aliphatic carbocycles. The Labute approximate surface area is 87.8 Å². The lowest BCUT2D eigenvalue weighted by atomic mass is 9.85. The smallest absolute Gasteiger partial charge is 0.0621 e. The van der Waals surface area contributed by atoms with Gasteiger partial charge in [0, 0.05) is 41.9 Å². The summed E-state index contributed by atoms with van der Waals surface area (Å²) in [6.45, 7) is 4.30. The number of aliphatic hydroxyl groups excluding tert-OH is 1. The summed E-state index contributed by atoms with van der Waals surface area (Å²) in [4.78, 5) is 0. The molecule has 0 bridgehead atoms. The van der Waals surface area contributed by atoms with Crippen molar-refractivity contribution in [2.24, 2.45) is 17.8 Å². The van der Waals surface area contributed by atoms with Gasteiger partial charge in [0.05, 0.1) is 6.10 Å². The van der Waals surface area contributed by atoms with E-state index in [1.54, 1.807) is 0 Å². The van der Waals surface area contributed by atoms with E-state index in [9.17, 15) is 5.11 Å². The average Bonchev–Trinajstić information content (AvgIpc) is 2.79. The molecule has 1 aliphatic heterocycles. The van der Waals surface area contributed by atoms with Gasteiger partial charge in [-0.3, -0.25) is 0 Å². The molecule has 2 nitrogen and oxygen atoms in total. The lowest BCUT2D eigenvalue weighted by Crippen LogP contribution is -2.45. The van der Waals surface area contributed by atoms with Crippen LogP contribution in [0.15, 0.2) is 0 Å². The highest BCUT2D eigenvalue weighted by atomic mass is 127. The Morgan fingerprint density at radius 1 is 1.33 bits per heavy atom. The minimum atomic E-state index is -0.0384. The fourth-order valence-electron chi connectivity index (χ4n) is 2.21. The second-order valence-electron chi connectivity index (χ2n) is 4.30. The molecule has 2 aliphatic rings. The molecule has 2 rings (SSSR count). The zero-order valence-electron chi connectivity index (χ0n) is 7.41. The van der Waals surface area contributed by atoms with Crippen molar-refractivity contribution in [2.75, 3.05) is 13.1 Å². The molecule has 12 heavy (non-hydrogen) atoms. The molecule has 70 valence electrons. The van der Waals surface area contributed by atoms with Gasteiger partial charge in [-0.05, 0) is 24.7 Å². The van der Waals surface area contributed by atoms with Crippen LogP contribution in [0, 0.1) is 17.8 Å². The Balaban J connectivity index is 2.00. The third-order valence-electron chi connectivity index (χ3n) is 3.14. The van der Waals surface area contributed by atoms with Crippen LogP contribution in [0.5, 0.6) is 0 Å². The van der Waals surface area contributed by atoms with Crippen molar-refractivity contribution >= 4 is 22.9 Å². The van der Waals surface area contributed by atoms with E-state index >= 15 is 0 Å². The van der Waals surface area contributed by atoms with E-state index in [0.29, 0.717) is 11.8 Å². The maximum absolute atomic E-state index is 9.94. The molecule has 1 saturated carbocycles. The minimum Gasteiger partial charge on any atom is -0.392 e. The molecule has 0 radical (unpaired) electrons. The quantitative estimate of drug-likeness (QED) is 0.584. The van der Waals surface area contributed by atoms with Gasteiger partial charge in [0.1, 0.15) is 0 Å². The first-order chi connectivity index (χ1) is 5.68. The lowest BCUT2D eigenvalue weighted by Gasteiger charge is -2.37. The molecule has 0 aromatic rings. The highest BCUT2D eigenvalue weighted by Crippen LogP contribution is 2.42. The first kappa shape index (κ1) is 9.21. The normalized spacial score (nSPS) is 44.8. The second-order valence-corrected chi connectivity index (χ2v) is 5.66. The van der Waals surface area contributed by atoms with Crippen molar-refractivity contribution in [2.45, 2.75) is 25.9 Å². The SMILES string of the molecule is CC1CN(I)CC(C2CC2)C1O. The summed E-state index contributed by atoms with van der Waals surface area (Å²) >= 11 is 2.38. The topological polar surface area (TPSA) is 23.5 Å². The number of hydrogen-bond acceptors (Lipinski definition) is 2. The van der Waals surface area contributed by atoms with Crippen LogP contribution in [0.1, 0.15) is 19.8 Å². The molecule has 1 N–H and O–H groups in total. The number of halogens is 1. The van der Waals surface area contributed by atoms with Crippen molar-refractivity contribution in [1.29, 1.82) is 0 Å². The van der Waals surface area contributed by atoms with Gasteiger partial charge in [0.2, 0.25) is 0 Å². The molecule has 0 aromatic heterocycles. The molecule has 0 spiro atoms. The number of hydrogen-bond donors (Lipinski definition) is 1. The Bertz CT molecular complexity index is 172. The number of aliphatic hydroxyl groups is 1. The highest BCUT2D eigenvalue weighted by molar-refractivity contribution is 14.1. The van der Waals surface area contributed by atoms with Crippen molar-refractivity contribution in [1.82, 2.24) is 3.11 Å². The van der Waals surface area contributed by atoms with Gasteiger partial charge in [0.15, 0.2) is 0 Å². The van der Waals surface area contributed by atoms with E-state index in [1.807, 2.05) is 0 Å². The van der Waals surface area contributed by atoms with Crippen LogP contribution in [0.2, 0.25) is 0 Å². The van der Waals surface area contributed by atoms with Gasteiger partial charge < -0.3 is 5.11 Å². The molecule has 0 aromatic carbocycles. The Kier molecular flexibility index (Phi) is 2.63. The monoisotopic (exact) mass is 281 g/mol. The fourth-order valence-corrected chi connectivity index (χ4v) is 3.28. The van der Waals surface area contributed by atoms with Gasteiger partial charge >= 0.3 is 0 Å². The number of piperidine rings is 1. The fraction of sp³-hybridized carbons (Fsp3) is 1.00. The van der Waals surface area contributed by atoms with Gasteiger partial charge in [-0.1, -0.05) is 6.92 Å². The first-order valence-electron chi connectivity index (χ1n) is 4.77. The van der Waals surface area contributed by atoms with Crippen LogP contribution in [0.4, 0.5) is 0 Å².